The maximum absolute atomic E-state index is 11.2. The van der Waals surface area contributed by atoms with Crippen molar-refractivity contribution >= 4 is 11.9 Å². The zero-order valence-corrected chi connectivity index (χ0v) is 7.45. The SMILES string of the molecule is NC(=O)NCCNC(=O)c1ccco1. The number of amides is 3. The highest BCUT2D eigenvalue weighted by Crippen LogP contribution is 1.98. The first kappa shape index (κ1) is 10.1. The number of nitrogens with one attached hydrogen (secondary N) is 2. The molecule has 1 rings (SSSR count). The third-order valence-electron chi connectivity index (χ3n) is 1.45. The van der Waals surface area contributed by atoms with Crippen LogP contribution in [0.4, 0.5) is 4.79 Å². The zero-order valence-electron chi connectivity index (χ0n) is 7.45. The summed E-state index contributed by atoms with van der Waals surface area (Å²) in [5.41, 5.74) is 4.82. The molecule has 0 saturated carbocycles. The Morgan fingerprint density at radius 1 is 1.36 bits per heavy atom. The van der Waals surface area contributed by atoms with Crippen LogP contribution in [0.1, 0.15) is 10.6 Å². The van der Waals surface area contributed by atoms with Gasteiger partial charge in [-0.3, -0.25) is 4.79 Å². The molecule has 0 unspecified atom stereocenters. The minimum absolute atomic E-state index is 0.240. The van der Waals surface area contributed by atoms with Crippen molar-refractivity contribution in [1.82, 2.24) is 10.6 Å². The van der Waals surface area contributed by atoms with Crippen LogP contribution in [0.5, 0.6) is 0 Å². The normalized spacial score (nSPS) is 9.43. The Balaban J connectivity index is 2.19. The second-order valence-corrected chi connectivity index (χ2v) is 2.52. The van der Waals surface area contributed by atoms with Crippen LogP contribution >= 0.6 is 0 Å². The van der Waals surface area contributed by atoms with Crippen LogP contribution in [0.15, 0.2) is 22.8 Å². The summed E-state index contributed by atoms with van der Waals surface area (Å²) < 4.78 is 4.85. The van der Waals surface area contributed by atoms with Crippen molar-refractivity contribution < 1.29 is 14.0 Å². The number of hydrogen-bond acceptors (Lipinski definition) is 3. The summed E-state index contributed by atoms with van der Waals surface area (Å²) in [4.78, 5) is 21.5. The van der Waals surface area contributed by atoms with Gasteiger partial charge in [0.2, 0.25) is 0 Å². The predicted octanol–water partition coefficient (Wildman–Crippen LogP) is -0.322. The molecule has 1 heterocycles. The topological polar surface area (TPSA) is 97.4 Å². The quantitative estimate of drug-likeness (QED) is 0.577. The number of furan rings is 1. The van der Waals surface area contributed by atoms with E-state index in [9.17, 15) is 9.59 Å². The lowest BCUT2D eigenvalue weighted by Gasteiger charge is -2.02. The summed E-state index contributed by atoms with van der Waals surface area (Å²) in [6.45, 7) is 0.601. The third-order valence-corrected chi connectivity index (χ3v) is 1.45. The van der Waals surface area contributed by atoms with Crippen LogP contribution in [-0.2, 0) is 0 Å². The molecule has 0 radical (unpaired) electrons. The van der Waals surface area contributed by atoms with Crippen LogP contribution < -0.4 is 16.4 Å². The van der Waals surface area contributed by atoms with Crippen molar-refractivity contribution in [2.24, 2.45) is 5.73 Å². The van der Waals surface area contributed by atoms with E-state index in [4.69, 9.17) is 10.2 Å². The number of urea groups is 1. The summed E-state index contributed by atoms with van der Waals surface area (Å²) >= 11 is 0. The Hall–Kier alpha value is -1.98. The highest BCUT2D eigenvalue weighted by atomic mass is 16.3. The predicted molar refractivity (Wildman–Crippen MR) is 48.6 cm³/mol. The number of carbonyl (C=O) groups is 2. The number of carbonyl (C=O) groups excluding carboxylic acids is 2. The first-order chi connectivity index (χ1) is 6.70. The molecule has 0 bridgehead atoms. The van der Waals surface area contributed by atoms with Gasteiger partial charge in [-0.15, -0.1) is 0 Å². The summed E-state index contributed by atoms with van der Waals surface area (Å²) in [7, 11) is 0. The second kappa shape index (κ2) is 4.90. The van der Waals surface area contributed by atoms with E-state index in [1.807, 2.05) is 0 Å². The lowest BCUT2D eigenvalue weighted by atomic mass is 10.4. The lowest BCUT2D eigenvalue weighted by molar-refractivity contribution is 0.0926. The molecule has 0 aromatic carbocycles. The van der Waals surface area contributed by atoms with Crippen molar-refractivity contribution in [2.45, 2.75) is 0 Å². The van der Waals surface area contributed by atoms with Gasteiger partial charge < -0.3 is 20.8 Å². The maximum atomic E-state index is 11.2. The van der Waals surface area contributed by atoms with Crippen molar-refractivity contribution in [3.63, 3.8) is 0 Å². The first-order valence-corrected chi connectivity index (χ1v) is 4.05. The van der Waals surface area contributed by atoms with E-state index in [1.165, 1.54) is 6.26 Å². The Bertz CT molecular complexity index is 308. The Morgan fingerprint density at radius 3 is 2.64 bits per heavy atom. The average Bonchev–Trinajstić information content (AvgIpc) is 2.64. The largest absolute Gasteiger partial charge is 0.459 e. The van der Waals surface area contributed by atoms with Gasteiger partial charge in [0, 0.05) is 13.1 Å². The van der Waals surface area contributed by atoms with Crippen molar-refractivity contribution in [1.29, 1.82) is 0 Å². The standard InChI is InChI=1S/C8H11N3O3/c9-8(13)11-4-3-10-7(12)6-2-1-5-14-6/h1-2,5H,3-4H2,(H,10,12)(H3,9,11,13). The number of hydrogen-bond donors (Lipinski definition) is 3. The Morgan fingerprint density at radius 2 is 2.07 bits per heavy atom. The lowest BCUT2D eigenvalue weighted by Crippen LogP contribution is -2.37. The molecule has 76 valence electrons. The van der Waals surface area contributed by atoms with Gasteiger partial charge in [0.25, 0.3) is 5.91 Å². The highest BCUT2D eigenvalue weighted by molar-refractivity contribution is 5.91. The second-order valence-electron chi connectivity index (χ2n) is 2.52. The van der Waals surface area contributed by atoms with Gasteiger partial charge in [-0.1, -0.05) is 0 Å². The van der Waals surface area contributed by atoms with Gasteiger partial charge >= 0.3 is 6.03 Å². The Kier molecular flexibility index (Phi) is 3.54. The monoisotopic (exact) mass is 197 g/mol. The average molecular weight is 197 g/mol. The third kappa shape index (κ3) is 3.18. The van der Waals surface area contributed by atoms with Crippen molar-refractivity contribution in [3.05, 3.63) is 24.2 Å². The molecule has 4 N–H and O–H groups in total. The molecule has 0 spiro atoms. The van der Waals surface area contributed by atoms with E-state index < -0.39 is 6.03 Å². The van der Waals surface area contributed by atoms with E-state index in [2.05, 4.69) is 10.6 Å². The molecule has 0 atom stereocenters. The van der Waals surface area contributed by atoms with E-state index in [-0.39, 0.29) is 11.7 Å². The zero-order chi connectivity index (χ0) is 10.4. The molecule has 0 aliphatic rings. The van der Waals surface area contributed by atoms with Gasteiger partial charge in [-0.25, -0.2) is 4.79 Å². The number of nitrogens with two attached hydrogens (primary N) is 1. The fraction of sp³-hybridized carbons (Fsp3) is 0.250. The molecule has 6 nitrogen and oxygen atoms in total. The van der Waals surface area contributed by atoms with Crippen molar-refractivity contribution in [3.8, 4) is 0 Å². The highest BCUT2D eigenvalue weighted by Gasteiger charge is 2.06. The Labute approximate surface area is 80.4 Å². The molecule has 1 aromatic rings. The first-order valence-electron chi connectivity index (χ1n) is 4.05. The number of rotatable bonds is 4. The van der Waals surface area contributed by atoms with Gasteiger partial charge in [-0.05, 0) is 12.1 Å². The fourth-order valence-electron chi connectivity index (χ4n) is 0.857. The smallest absolute Gasteiger partial charge is 0.312 e. The van der Waals surface area contributed by atoms with Crippen LogP contribution in [0, 0.1) is 0 Å². The fourth-order valence-corrected chi connectivity index (χ4v) is 0.857. The number of primary amides is 1. The molecular formula is C8H11N3O3. The molecule has 0 saturated heterocycles. The summed E-state index contributed by atoms with van der Waals surface area (Å²) in [5, 5.41) is 4.88. The van der Waals surface area contributed by atoms with Gasteiger partial charge in [-0.2, -0.15) is 0 Å². The summed E-state index contributed by atoms with van der Waals surface area (Å²) in [5.74, 6) is -0.0784. The molecular weight excluding hydrogens is 186 g/mol. The molecule has 6 heteroatoms. The van der Waals surface area contributed by atoms with E-state index in [0.29, 0.717) is 13.1 Å². The minimum atomic E-state index is -0.614. The maximum Gasteiger partial charge on any atom is 0.312 e. The van der Waals surface area contributed by atoms with E-state index >= 15 is 0 Å². The molecule has 1 aromatic heterocycles. The molecule has 0 aliphatic heterocycles. The molecule has 14 heavy (non-hydrogen) atoms. The van der Waals surface area contributed by atoms with Gasteiger partial charge in [0.1, 0.15) is 0 Å². The van der Waals surface area contributed by atoms with Crippen LogP contribution in [0.25, 0.3) is 0 Å². The molecule has 0 fully saturated rings. The molecule has 3 amide bonds. The van der Waals surface area contributed by atoms with Gasteiger partial charge in [0.05, 0.1) is 6.26 Å². The van der Waals surface area contributed by atoms with Crippen LogP contribution in [0.3, 0.4) is 0 Å². The van der Waals surface area contributed by atoms with E-state index in [0.717, 1.165) is 0 Å². The van der Waals surface area contributed by atoms with Crippen LogP contribution in [-0.4, -0.2) is 25.0 Å². The summed E-state index contributed by atoms with van der Waals surface area (Å²) in [6.07, 6.45) is 1.41. The van der Waals surface area contributed by atoms with Crippen LogP contribution in [0.2, 0.25) is 0 Å². The van der Waals surface area contributed by atoms with E-state index in [1.54, 1.807) is 12.1 Å². The van der Waals surface area contributed by atoms with Gasteiger partial charge in [0.15, 0.2) is 5.76 Å². The van der Waals surface area contributed by atoms with Crippen molar-refractivity contribution in [2.75, 3.05) is 13.1 Å². The molecule has 0 aliphatic carbocycles. The summed E-state index contributed by atoms with van der Waals surface area (Å²) in [6, 6.07) is 2.56. The minimum Gasteiger partial charge on any atom is -0.459 e.